The minimum absolute atomic E-state index is 0.0961. The first-order chi connectivity index (χ1) is 14.1. The second-order valence-electron chi connectivity index (χ2n) is 8.32. The Morgan fingerprint density at radius 3 is 2.47 bits per heavy atom. The van der Waals surface area contributed by atoms with Crippen molar-refractivity contribution in [2.45, 2.75) is 72.7 Å². The third kappa shape index (κ3) is 9.51. The first kappa shape index (κ1) is 25.8. The van der Waals surface area contributed by atoms with E-state index in [4.69, 9.17) is 14.7 Å². The molecule has 3 atom stereocenters. The van der Waals surface area contributed by atoms with Gasteiger partial charge < -0.3 is 14.7 Å². The Morgan fingerprint density at radius 1 is 1.23 bits per heavy atom. The number of carbonyl (C=O) groups excluding carboxylic acids is 1. The monoisotopic (exact) mass is 415 g/mol. The van der Waals surface area contributed by atoms with Gasteiger partial charge in [0.2, 0.25) is 0 Å². The van der Waals surface area contributed by atoms with Crippen LogP contribution in [0.25, 0.3) is 0 Å². The van der Waals surface area contributed by atoms with Crippen molar-refractivity contribution in [3.63, 3.8) is 0 Å². The SMILES string of the molecule is C=C(C)CCC=C(C)C.C=C(C)CCOC1C=C(/C=N/O)[C@H]2CC(=O)C(C)=CC2O1. The summed E-state index contributed by atoms with van der Waals surface area (Å²) < 4.78 is 11.5. The van der Waals surface area contributed by atoms with Crippen LogP contribution in [-0.4, -0.2) is 36.2 Å². The minimum Gasteiger partial charge on any atom is -0.411 e. The minimum atomic E-state index is -0.504. The molecule has 0 saturated heterocycles. The fourth-order valence-electron chi connectivity index (χ4n) is 3.10. The molecule has 0 radical (unpaired) electrons. The van der Waals surface area contributed by atoms with E-state index in [0.717, 1.165) is 30.4 Å². The summed E-state index contributed by atoms with van der Waals surface area (Å²) >= 11 is 0. The molecule has 1 N–H and O–H groups in total. The molecule has 0 aromatic rings. The summed E-state index contributed by atoms with van der Waals surface area (Å²) in [7, 11) is 0. The molecule has 2 rings (SSSR count). The van der Waals surface area contributed by atoms with Crippen molar-refractivity contribution in [1.29, 1.82) is 0 Å². The Morgan fingerprint density at radius 2 is 1.90 bits per heavy atom. The summed E-state index contributed by atoms with van der Waals surface area (Å²) in [4.78, 5) is 11.8. The smallest absolute Gasteiger partial charge is 0.178 e. The largest absolute Gasteiger partial charge is 0.411 e. The molecule has 2 unspecified atom stereocenters. The van der Waals surface area contributed by atoms with E-state index in [9.17, 15) is 4.79 Å². The standard InChI is InChI=1S/C16H21NO4.C9H16/c1-10(2)4-5-20-16-7-12(9-17-19)13-8-14(18)11(3)6-15(13)21-16;1-8(2)6-5-7-9(3)4/h6-7,9,13,15-16,19H,1,4-5,8H2,2-3H3;7H,1,5-6H2,2-4H3/b17-9+;/t13-,15?,16?;/m1./s1. The van der Waals surface area contributed by atoms with Crippen LogP contribution in [0.4, 0.5) is 0 Å². The fourth-order valence-corrected chi connectivity index (χ4v) is 3.10. The first-order valence-electron chi connectivity index (χ1n) is 10.4. The van der Waals surface area contributed by atoms with Gasteiger partial charge in [-0.3, -0.25) is 4.79 Å². The van der Waals surface area contributed by atoms with Crippen LogP contribution in [0.5, 0.6) is 0 Å². The van der Waals surface area contributed by atoms with Crippen LogP contribution in [0.2, 0.25) is 0 Å². The number of rotatable bonds is 8. The van der Waals surface area contributed by atoms with Crippen molar-refractivity contribution in [3.8, 4) is 0 Å². The van der Waals surface area contributed by atoms with Crippen molar-refractivity contribution >= 4 is 12.0 Å². The lowest BCUT2D eigenvalue weighted by atomic mass is 9.80. The second kappa shape index (κ2) is 13.1. The van der Waals surface area contributed by atoms with Crippen molar-refractivity contribution in [1.82, 2.24) is 0 Å². The number of fused-ring (bicyclic) bond motifs is 1. The molecular weight excluding hydrogens is 378 g/mol. The molecule has 2 aliphatic rings. The Labute approximate surface area is 181 Å². The number of nitrogens with zero attached hydrogens (tertiary/aromatic N) is 1. The molecule has 0 aromatic carbocycles. The molecule has 0 bridgehead atoms. The van der Waals surface area contributed by atoms with Gasteiger partial charge in [-0.2, -0.15) is 0 Å². The molecule has 1 heterocycles. The maximum atomic E-state index is 11.8. The van der Waals surface area contributed by atoms with Crippen LogP contribution >= 0.6 is 0 Å². The van der Waals surface area contributed by atoms with E-state index >= 15 is 0 Å². The van der Waals surface area contributed by atoms with E-state index in [2.05, 4.69) is 45.2 Å². The number of hydrogen-bond acceptors (Lipinski definition) is 5. The van der Waals surface area contributed by atoms with Crippen LogP contribution in [0.3, 0.4) is 0 Å². The number of allylic oxidation sites excluding steroid dienone is 4. The Kier molecular flexibility index (Phi) is 11.3. The van der Waals surface area contributed by atoms with Gasteiger partial charge >= 0.3 is 0 Å². The van der Waals surface area contributed by atoms with Gasteiger partial charge in [0.15, 0.2) is 12.1 Å². The summed E-state index contributed by atoms with van der Waals surface area (Å²) in [6.07, 6.45) is 9.87. The highest BCUT2D eigenvalue weighted by Crippen LogP contribution is 2.34. The quantitative estimate of drug-likeness (QED) is 0.231. The molecular formula is C25H37NO4. The van der Waals surface area contributed by atoms with Gasteiger partial charge in [-0.1, -0.05) is 28.0 Å². The molecule has 166 valence electrons. The normalized spacial score (nSPS) is 23.0. The molecule has 0 saturated carbocycles. The average Bonchev–Trinajstić information content (AvgIpc) is 2.63. The molecule has 0 amide bonds. The van der Waals surface area contributed by atoms with Gasteiger partial charge in [0.25, 0.3) is 0 Å². The van der Waals surface area contributed by atoms with Gasteiger partial charge in [-0.15, -0.1) is 13.2 Å². The maximum absolute atomic E-state index is 11.8. The van der Waals surface area contributed by atoms with E-state index in [0.29, 0.717) is 18.6 Å². The Bertz CT molecular complexity index is 738. The van der Waals surface area contributed by atoms with Crippen LogP contribution in [0, 0.1) is 5.92 Å². The molecule has 30 heavy (non-hydrogen) atoms. The third-order valence-electron chi connectivity index (χ3n) is 4.85. The lowest BCUT2D eigenvalue weighted by molar-refractivity contribution is -0.151. The van der Waals surface area contributed by atoms with Gasteiger partial charge in [-0.25, -0.2) is 0 Å². The van der Waals surface area contributed by atoms with E-state index < -0.39 is 6.29 Å². The van der Waals surface area contributed by atoms with Crippen molar-refractivity contribution in [2.75, 3.05) is 6.61 Å². The summed E-state index contributed by atoms with van der Waals surface area (Å²) in [6.45, 7) is 18.2. The molecule has 5 heteroatoms. The highest BCUT2D eigenvalue weighted by molar-refractivity contribution is 5.97. The number of ketones is 1. The van der Waals surface area contributed by atoms with Crippen molar-refractivity contribution < 1.29 is 19.5 Å². The first-order valence-corrected chi connectivity index (χ1v) is 10.4. The van der Waals surface area contributed by atoms with Crippen LogP contribution < -0.4 is 0 Å². The van der Waals surface area contributed by atoms with Gasteiger partial charge in [0, 0.05) is 12.3 Å². The highest BCUT2D eigenvalue weighted by Gasteiger charge is 2.36. The third-order valence-corrected chi connectivity index (χ3v) is 4.85. The predicted molar refractivity (Wildman–Crippen MR) is 123 cm³/mol. The Hall–Kier alpha value is -2.24. The molecule has 1 aliphatic heterocycles. The maximum Gasteiger partial charge on any atom is 0.178 e. The number of ether oxygens (including phenoxy) is 2. The van der Waals surface area contributed by atoms with E-state index in [1.807, 2.05) is 13.0 Å². The van der Waals surface area contributed by atoms with Crippen LogP contribution in [0.1, 0.15) is 60.3 Å². The summed E-state index contributed by atoms with van der Waals surface area (Å²) in [6, 6.07) is 0. The zero-order valence-electron chi connectivity index (χ0n) is 19.1. The highest BCUT2D eigenvalue weighted by atomic mass is 16.7. The lowest BCUT2D eigenvalue weighted by Gasteiger charge is -2.36. The summed E-state index contributed by atoms with van der Waals surface area (Å²) in [5, 5.41) is 11.9. The van der Waals surface area contributed by atoms with E-state index in [1.54, 1.807) is 13.0 Å². The summed E-state index contributed by atoms with van der Waals surface area (Å²) in [5.74, 6) is -0.0168. The fraction of sp³-hybridized carbons (Fsp3) is 0.520. The summed E-state index contributed by atoms with van der Waals surface area (Å²) in [5.41, 5.74) is 5.19. The average molecular weight is 416 g/mol. The number of oxime groups is 1. The lowest BCUT2D eigenvalue weighted by Crippen LogP contribution is -2.39. The van der Waals surface area contributed by atoms with E-state index in [1.165, 1.54) is 17.4 Å². The van der Waals surface area contributed by atoms with Crippen molar-refractivity contribution in [2.24, 2.45) is 11.1 Å². The van der Waals surface area contributed by atoms with Crippen molar-refractivity contribution in [3.05, 3.63) is 59.3 Å². The second-order valence-corrected chi connectivity index (χ2v) is 8.32. The molecule has 0 aromatic heterocycles. The van der Waals surface area contributed by atoms with Crippen LogP contribution in [-0.2, 0) is 14.3 Å². The zero-order valence-corrected chi connectivity index (χ0v) is 19.1. The molecule has 1 aliphatic carbocycles. The molecule has 0 spiro atoms. The zero-order chi connectivity index (χ0) is 22.7. The molecule has 0 fully saturated rings. The number of carbonyl (C=O) groups is 1. The van der Waals surface area contributed by atoms with Gasteiger partial charge in [0.05, 0.1) is 18.9 Å². The Balaban J connectivity index is 0.000000424. The van der Waals surface area contributed by atoms with Gasteiger partial charge in [0.1, 0.15) is 0 Å². The van der Waals surface area contributed by atoms with Gasteiger partial charge in [-0.05, 0) is 77.2 Å². The number of hydrogen-bond donors (Lipinski definition) is 1. The van der Waals surface area contributed by atoms with Crippen LogP contribution in [0.15, 0.2) is 64.4 Å². The topological polar surface area (TPSA) is 68.1 Å². The van der Waals surface area contributed by atoms with E-state index in [-0.39, 0.29) is 17.8 Å². The number of Topliss-reactive ketones (excluding diaryl/α,β-unsaturated/α-hetero) is 1. The predicted octanol–water partition coefficient (Wildman–Crippen LogP) is 5.92. The molecule has 5 nitrogen and oxygen atoms in total.